The van der Waals surface area contributed by atoms with Crippen LogP contribution in [0.5, 0.6) is 0 Å². The van der Waals surface area contributed by atoms with Gasteiger partial charge in [0.1, 0.15) is 5.60 Å². The van der Waals surface area contributed by atoms with E-state index in [9.17, 15) is 9.59 Å². The smallest absolute Gasteiger partial charge is 0.410 e. The number of aliphatic carboxylic acids is 1. The number of carboxylic acid groups (broad SMARTS) is 1. The molecule has 1 fully saturated rings. The molecule has 0 saturated carbocycles. The second-order valence-electron chi connectivity index (χ2n) is 6.13. The van der Waals surface area contributed by atoms with Gasteiger partial charge >= 0.3 is 12.1 Å². The summed E-state index contributed by atoms with van der Waals surface area (Å²) in [7, 11) is 0. The Hall–Kier alpha value is -1.52. The Morgan fingerprint density at radius 3 is 2.37 bits per heavy atom. The summed E-state index contributed by atoms with van der Waals surface area (Å²) < 4.78 is 5.32. The van der Waals surface area contributed by atoms with Crippen molar-refractivity contribution in [3.63, 3.8) is 0 Å². The minimum atomic E-state index is -0.956. The average molecular weight is 269 g/mol. The summed E-state index contributed by atoms with van der Waals surface area (Å²) in [6.07, 6.45) is 0.282. The van der Waals surface area contributed by atoms with Gasteiger partial charge in [0.25, 0.3) is 0 Å². The van der Waals surface area contributed by atoms with E-state index in [4.69, 9.17) is 9.84 Å². The normalized spacial score (nSPS) is 23.9. The van der Waals surface area contributed by atoms with Gasteiger partial charge < -0.3 is 14.7 Å². The van der Waals surface area contributed by atoms with Gasteiger partial charge in [0.05, 0.1) is 0 Å². The predicted molar refractivity (Wildman–Crippen MR) is 71.9 cm³/mol. The number of amides is 1. The average Bonchev–Trinajstić information content (AvgIpc) is 2.25. The van der Waals surface area contributed by atoms with Gasteiger partial charge in [0.15, 0.2) is 0 Å². The molecule has 2 unspecified atom stereocenters. The molecule has 1 N–H and O–H groups in total. The van der Waals surface area contributed by atoms with Gasteiger partial charge in [-0.15, -0.1) is 0 Å². The molecule has 0 radical (unpaired) electrons. The Kier molecular flexibility index (Phi) is 4.61. The lowest BCUT2D eigenvalue weighted by atomic mass is 9.82. The fourth-order valence-electron chi connectivity index (χ4n) is 2.31. The summed E-state index contributed by atoms with van der Waals surface area (Å²) in [5.41, 5.74) is -0.279. The number of carbonyl (C=O) groups is 2. The van der Waals surface area contributed by atoms with Gasteiger partial charge in [-0.2, -0.15) is 0 Å². The molecule has 1 amide bonds. The number of likely N-dealkylation sites (tertiary alicyclic amines) is 1. The van der Waals surface area contributed by atoms with Gasteiger partial charge in [0.2, 0.25) is 0 Å². The lowest BCUT2D eigenvalue weighted by molar-refractivity contribution is -0.133. The molecule has 0 aromatic carbocycles. The molecule has 5 nitrogen and oxygen atoms in total. The van der Waals surface area contributed by atoms with Crippen LogP contribution in [0.1, 0.15) is 34.1 Å². The highest BCUT2D eigenvalue weighted by molar-refractivity contribution is 5.86. The van der Waals surface area contributed by atoms with E-state index in [-0.39, 0.29) is 23.5 Å². The summed E-state index contributed by atoms with van der Waals surface area (Å²) in [5, 5.41) is 8.98. The van der Waals surface area contributed by atoms with Crippen molar-refractivity contribution < 1.29 is 19.4 Å². The number of piperidine rings is 1. The summed E-state index contributed by atoms with van der Waals surface area (Å²) in [6.45, 7) is 12.1. The van der Waals surface area contributed by atoms with Gasteiger partial charge in [0, 0.05) is 18.7 Å². The number of carbonyl (C=O) groups excluding carboxylic acids is 1. The minimum absolute atomic E-state index is 0.0730. The van der Waals surface area contributed by atoms with E-state index in [0.29, 0.717) is 19.5 Å². The van der Waals surface area contributed by atoms with E-state index in [2.05, 4.69) is 6.58 Å². The van der Waals surface area contributed by atoms with Crippen molar-refractivity contribution >= 4 is 12.1 Å². The van der Waals surface area contributed by atoms with Crippen molar-refractivity contribution in [2.24, 2.45) is 11.8 Å². The summed E-state index contributed by atoms with van der Waals surface area (Å²) in [6, 6.07) is 0. The van der Waals surface area contributed by atoms with E-state index in [1.54, 1.807) is 4.90 Å². The maximum absolute atomic E-state index is 11.9. The van der Waals surface area contributed by atoms with Crippen molar-refractivity contribution in [3.8, 4) is 0 Å². The third kappa shape index (κ3) is 4.26. The van der Waals surface area contributed by atoms with Crippen molar-refractivity contribution in [1.82, 2.24) is 4.90 Å². The number of hydrogen-bond donors (Lipinski definition) is 1. The van der Waals surface area contributed by atoms with Crippen LogP contribution in [0.15, 0.2) is 12.2 Å². The molecule has 0 bridgehead atoms. The monoisotopic (exact) mass is 269 g/mol. The summed E-state index contributed by atoms with van der Waals surface area (Å²) in [4.78, 5) is 24.5. The molecule has 0 spiro atoms. The van der Waals surface area contributed by atoms with Crippen molar-refractivity contribution in [3.05, 3.63) is 12.2 Å². The SMILES string of the molecule is C=C(C(=O)O)C1CCN(C(=O)OC(C)(C)C)CC1C. The molecule has 0 aliphatic carbocycles. The Balaban J connectivity index is 2.61. The van der Waals surface area contributed by atoms with E-state index in [1.807, 2.05) is 27.7 Å². The van der Waals surface area contributed by atoms with Gasteiger partial charge in [-0.3, -0.25) is 0 Å². The van der Waals surface area contributed by atoms with Crippen LogP contribution in [0, 0.1) is 11.8 Å². The summed E-state index contributed by atoms with van der Waals surface area (Å²) in [5.74, 6) is -0.955. The molecule has 1 saturated heterocycles. The number of hydrogen-bond acceptors (Lipinski definition) is 3. The van der Waals surface area contributed by atoms with Crippen LogP contribution >= 0.6 is 0 Å². The highest BCUT2D eigenvalue weighted by atomic mass is 16.6. The topological polar surface area (TPSA) is 66.8 Å². The lowest BCUT2D eigenvalue weighted by Crippen LogP contribution is -2.45. The Morgan fingerprint density at radius 2 is 1.95 bits per heavy atom. The van der Waals surface area contributed by atoms with Crippen LogP contribution in [-0.4, -0.2) is 40.8 Å². The largest absolute Gasteiger partial charge is 0.478 e. The highest BCUT2D eigenvalue weighted by Crippen LogP contribution is 2.29. The maximum atomic E-state index is 11.9. The van der Waals surface area contributed by atoms with Gasteiger partial charge in [-0.05, 0) is 39.0 Å². The molecule has 0 aromatic heterocycles. The van der Waals surface area contributed by atoms with Gasteiger partial charge in [-0.25, -0.2) is 9.59 Å². The van der Waals surface area contributed by atoms with Crippen LogP contribution in [0.25, 0.3) is 0 Å². The van der Waals surface area contributed by atoms with Crippen molar-refractivity contribution in [1.29, 1.82) is 0 Å². The van der Waals surface area contributed by atoms with E-state index >= 15 is 0 Å². The predicted octanol–water partition coefficient (Wildman–Crippen LogP) is 2.52. The number of rotatable bonds is 2. The third-order valence-electron chi connectivity index (χ3n) is 3.28. The zero-order chi connectivity index (χ0) is 14.8. The van der Waals surface area contributed by atoms with Crippen LogP contribution in [-0.2, 0) is 9.53 Å². The van der Waals surface area contributed by atoms with Crippen LogP contribution < -0.4 is 0 Å². The lowest BCUT2D eigenvalue weighted by Gasteiger charge is -2.37. The van der Waals surface area contributed by atoms with Crippen molar-refractivity contribution in [2.45, 2.75) is 39.7 Å². The van der Waals surface area contributed by atoms with Crippen LogP contribution in [0.4, 0.5) is 4.79 Å². The minimum Gasteiger partial charge on any atom is -0.478 e. The molecule has 19 heavy (non-hydrogen) atoms. The Labute approximate surface area is 114 Å². The summed E-state index contributed by atoms with van der Waals surface area (Å²) >= 11 is 0. The molecule has 1 aliphatic heterocycles. The number of carboxylic acids is 1. The Bertz CT molecular complexity index is 383. The fourth-order valence-corrected chi connectivity index (χ4v) is 2.31. The highest BCUT2D eigenvalue weighted by Gasteiger charge is 2.33. The second-order valence-corrected chi connectivity index (χ2v) is 6.13. The molecular formula is C14H23NO4. The second kappa shape index (κ2) is 5.63. The van der Waals surface area contributed by atoms with Crippen molar-refractivity contribution in [2.75, 3.05) is 13.1 Å². The van der Waals surface area contributed by atoms with E-state index in [0.717, 1.165) is 0 Å². The zero-order valence-corrected chi connectivity index (χ0v) is 12.1. The van der Waals surface area contributed by atoms with Gasteiger partial charge in [-0.1, -0.05) is 13.5 Å². The molecule has 1 heterocycles. The molecule has 0 aromatic rings. The van der Waals surface area contributed by atoms with E-state index in [1.165, 1.54) is 0 Å². The Morgan fingerprint density at radius 1 is 1.37 bits per heavy atom. The zero-order valence-electron chi connectivity index (χ0n) is 12.1. The third-order valence-corrected chi connectivity index (χ3v) is 3.28. The molecular weight excluding hydrogens is 246 g/mol. The number of nitrogens with zero attached hydrogens (tertiary/aromatic N) is 1. The van der Waals surface area contributed by atoms with Crippen LogP contribution in [0.2, 0.25) is 0 Å². The van der Waals surface area contributed by atoms with E-state index < -0.39 is 11.6 Å². The molecule has 1 aliphatic rings. The molecule has 5 heteroatoms. The quantitative estimate of drug-likeness (QED) is 0.782. The first kappa shape index (κ1) is 15.5. The number of ether oxygens (including phenoxy) is 1. The maximum Gasteiger partial charge on any atom is 0.410 e. The molecule has 108 valence electrons. The molecule has 2 atom stereocenters. The molecule has 1 rings (SSSR count). The van der Waals surface area contributed by atoms with Crippen LogP contribution in [0.3, 0.4) is 0 Å². The first-order valence-corrected chi connectivity index (χ1v) is 6.52. The standard InChI is InChI=1S/C14H23NO4/c1-9-8-15(13(18)19-14(3,4)5)7-6-11(9)10(2)12(16)17/h9,11H,2,6-8H2,1,3-5H3,(H,16,17). The fraction of sp³-hybridized carbons (Fsp3) is 0.714. The first-order chi connectivity index (χ1) is 8.61. The first-order valence-electron chi connectivity index (χ1n) is 6.52.